The highest BCUT2D eigenvalue weighted by atomic mass is 19.1. The molecule has 0 saturated heterocycles. The van der Waals surface area contributed by atoms with Gasteiger partial charge in [0, 0.05) is 19.4 Å². The van der Waals surface area contributed by atoms with E-state index in [1.54, 1.807) is 18.2 Å². The second-order valence-electron chi connectivity index (χ2n) is 3.75. The Morgan fingerprint density at radius 3 is 2.88 bits per heavy atom. The zero-order valence-corrected chi connectivity index (χ0v) is 10.3. The summed E-state index contributed by atoms with van der Waals surface area (Å²) in [6.45, 7) is 3.45. The first kappa shape index (κ1) is 13.6. The number of methoxy groups -OCH3 is 1. The van der Waals surface area contributed by atoms with Crippen LogP contribution in [0, 0.1) is 5.82 Å². The van der Waals surface area contributed by atoms with E-state index in [4.69, 9.17) is 4.74 Å². The molecule has 1 rings (SSSR count). The molecular formula is C13H18FNO2. The Labute approximate surface area is 101 Å². The van der Waals surface area contributed by atoms with Crippen LogP contribution in [0.4, 0.5) is 4.39 Å². The van der Waals surface area contributed by atoms with Crippen LogP contribution < -0.4 is 10.1 Å². The highest BCUT2D eigenvalue weighted by Gasteiger charge is 2.11. The minimum atomic E-state index is -0.438. The highest BCUT2D eigenvalue weighted by molar-refractivity contribution is 5.81. The number of carbonyl (C=O) groups is 1. The fourth-order valence-electron chi connectivity index (χ4n) is 1.56. The molecular weight excluding hydrogens is 221 g/mol. The van der Waals surface area contributed by atoms with Crippen molar-refractivity contribution in [3.63, 3.8) is 0 Å². The third-order valence-corrected chi connectivity index (χ3v) is 2.48. The summed E-state index contributed by atoms with van der Waals surface area (Å²) >= 11 is 0. The molecule has 0 saturated carbocycles. The van der Waals surface area contributed by atoms with Crippen molar-refractivity contribution in [2.45, 2.75) is 19.8 Å². The minimum absolute atomic E-state index is 0.0260. The number of Topliss-reactive ketones (excluding diaryl/α,β-unsaturated/α-hetero) is 1. The lowest BCUT2D eigenvalue weighted by atomic mass is 10.1. The van der Waals surface area contributed by atoms with Gasteiger partial charge in [0.25, 0.3) is 0 Å². The van der Waals surface area contributed by atoms with E-state index in [1.807, 2.05) is 6.92 Å². The molecule has 1 aromatic rings. The summed E-state index contributed by atoms with van der Waals surface area (Å²) in [7, 11) is 1.41. The number of hydrogen-bond donors (Lipinski definition) is 1. The monoisotopic (exact) mass is 239 g/mol. The van der Waals surface area contributed by atoms with Gasteiger partial charge in [-0.15, -0.1) is 0 Å². The van der Waals surface area contributed by atoms with Gasteiger partial charge in [0.1, 0.15) is 5.78 Å². The summed E-state index contributed by atoms with van der Waals surface area (Å²) < 4.78 is 18.6. The van der Waals surface area contributed by atoms with Gasteiger partial charge >= 0.3 is 0 Å². The number of hydrogen-bond acceptors (Lipinski definition) is 3. The van der Waals surface area contributed by atoms with Gasteiger partial charge in [-0.3, -0.25) is 4.79 Å². The van der Waals surface area contributed by atoms with E-state index in [9.17, 15) is 9.18 Å². The molecule has 1 N–H and O–H groups in total. The molecule has 0 bridgehead atoms. The van der Waals surface area contributed by atoms with E-state index in [0.717, 1.165) is 6.54 Å². The van der Waals surface area contributed by atoms with Crippen molar-refractivity contribution in [2.24, 2.45) is 0 Å². The first-order valence-electron chi connectivity index (χ1n) is 5.72. The van der Waals surface area contributed by atoms with Gasteiger partial charge in [-0.25, -0.2) is 4.39 Å². The van der Waals surface area contributed by atoms with Crippen LogP contribution in [0.2, 0.25) is 0 Å². The lowest BCUT2D eigenvalue weighted by Crippen LogP contribution is -2.18. The molecule has 0 aliphatic rings. The van der Waals surface area contributed by atoms with Crippen LogP contribution in [0.3, 0.4) is 0 Å². The van der Waals surface area contributed by atoms with Crippen LogP contribution in [-0.2, 0) is 11.2 Å². The Kier molecular flexibility index (Phi) is 5.63. The molecule has 0 aromatic heterocycles. The zero-order valence-electron chi connectivity index (χ0n) is 10.3. The summed E-state index contributed by atoms with van der Waals surface area (Å²) in [5.41, 5.74) is 0.394. The maximum Gasteiger partial charge on any atom is 0.168 e. The molecule has 0 radical (unpaired) electrons. The number of ether oxygens (including phenoxy) is 1. The zero-order chi connectivity index (χ0) is 12.7. The third-order valence-electron chi connectivity index (χ3n) is 2.48. The number of rotatable bonds is 7. The van der Waals surface area contributed by atoms with Gasteiger partial charge in [-0.05, 0) is 18.2 Å². The van der Waals surface area contributed by atoms with Crippen LogP contribution in [-0.4, -0.2) is 26.0 Å². The van der Waals surface area contributed by atoms with Gasteiger partial charge in [0.15, 0.2) is 11.6 Å². The van der Waals surface area contributed by atoms with Gasteiger partial charge in [-0.1, -0.05) is 19.1 Å². The predicted octanol–water partition coefficient (Wildman–Crippen LogP) is 1.95. The molecule has 3 nitrogen and oxygen atoms in total. The lowest BCUT2D eigenvalue weighted by molar-refractivity contribution is -0.118. The second-order valence-corrected chi connectivity index (χ2v) is 3.75. The molecule has 0 heterocycles. The standard InChI is InChI=1S/C13H18FNO2/c1-3-15-8-7-11(16)9-10-5-4-6-12(17-2)13(10)14/h4-6,15H,3,7-9H2,1-2H3. The van der Waals surface area contributed by atoms with Crippen molar-refractivity contribution < 1.29 is 13.9 Å². The number of carbonyl (C=O) groups excluding carboxylic acids is 1. The highest BCUT2D eigenvalue weighted by Crippen LogP contribution is 2.20. The first-order valence-corrected chi connectivity index (χ1v) is 5.72. The first-order chi connectivity index (χ1) is 8.19. The lowest BCUT2D eigenvalue weighted by Gasteiger charge is -2.07. The molecule has 1 aromatic carbocycles. The van der Waals surface area contributed by atoms with Gasteiger partial charge in [0.05, 0.1) is 7.11 Å². The fourth-order valence-corrected chi connectivity index (χ4v) is 1.56. The number of nitrogens with one attached hydrogen (secondary N) is 1. The minimum Gasteiger partial charge on any atom is -0.494 e. The molecule has 0 unspecified atom stereocenters. The van der Waals surface area contributed by atoms with E-state index < -0.39 is 5.82 Å². The Morgan fingerprint density at radius 1 is 1.47 bits per heavy atom. The predicted molar refractivity (Wildman–Crippen MR) is 64.8 cm³/mol. The second kappa shape index (κ2) is 7.01. The SMILES string of the molecule is CCNCCC(=O)Cc1cccc(OC)c1F. The Bertz CT molecular complexity index is 380. The van der Waals surface area contributed by atoms with Gasteiger partial charge < -0.3 is 10.1 Å². The molecule has 94 valence electrons. The number of halogens is 1. The number of benzene rings is 1. The summed E-state index contributed by atoms with van der Waals surface area (Å²) in [5, 5.41) is 3.06. The average Bonchev–Trinajstić information content (AvgIpc) is 2.32. The molecule has 0 amide bonds. The van der Waals surface area contributed by atoms with Crippen LogP contribution in [0.5, 0.6) is 5.75 Å². The topological polar surface area (TPSA) is 38.3 Å². The summed E-state index contributed by atoms with van der Waals surface area (Å²) in [5.74, 6) is -0.230. The summed E-state index contributed by atoms with van der Waals surface area (Å²) in [4.78, 5) is 11.6. The van der Waals surface area contributed by atoms with Gasteiger partial charge in [0.2, 0.25) is 0 Å². The van der Waals surface area contributed by atoms with Crippen LogP contribution in [0.1, 0.15) is 18.9 Å². The van der Waals surface area contributed by atoms with Crippen LogP contribution >= 0.6 is 0 Å². The van der Waals surface area contributed by atoms with Crippen LogP contribution in [0.15, 0.2) is 18.2 Å². The van der Waals surface area contributed by atoms with Crippen molar-refractivity contribution in [1.82, 2.24) is 5.32 Å². The van der Waals surface area contributed by atoms with Crippen molar-refractivity contribution in [3.05, 3.63) is 29.6 Å². The quantitative estimate of drug-likeness (QED) is 0.739. The fraction of sp³-hybridized carbons (Fsp3) is 0.462. The molecule has 17 heavy (non-hydrogen) atoms. The van der Waals surface area contributed by atoms with Crippen molar-refractivity contribution in [2.75, 3.05) is 20.2 Å². The molecule has 4 heteroatoms. The molecule has 0 spiro atoms. The normalized spacial score (nSPS) is 10.3. The maximum atomic E-state index is 13.7. The van der Waals surface area contributed by atoms with Crippen LogP contribution in [0.25, 0.3) is 0 Å². The molecule has 0 aliphatic heterocycles. The Hall–Kier alpha value is -1.42. The maximum absolute atomic E-state index is 13.7. The van der Waals surface area contributed by atoms with E-state index >= 15 is 0 Å². The Morgan fingerprint density at radius 2 is 2.24 bits per heavy atom. The summed E-state index contributed by atoms with van der Waals surface area (Å²) in [6.07, 6.45) is 0.541. The van der Waals surface area contributed by atoms with E-state index in [0.29, 0.717) is 18.5 Å². The van der Waals surface area contributed by atoms with E-state index in [-0.39, 0.29) is 18.0 Å². The largest absolute Gasteiger partial charge is 0.494 e. The molecule has 0 aliphatic carbocycles. The van der Waals surface area contributed by atoms with E-state index in [1.165, 1.54) is 7.11 Å². The molecule has 0 atom stereocenters. The number of ketones is 1. The van der Waals surface area contributed by atoms with Crippen molar-refractivity contribution in [1.29, 1.82) is 0 Å². The van der Waals surface area contributed by atoms with Gasteiger partial charge in [-0.2, -0.15) is 0 Å². The third kappa shape index (κ3) is 4.15. The van der Waals surface area contributed by atoms with Crippen molar-refractivity contribution in [3.8, 4) is 5.75 Å². The Balaban J connectivity index is 2.59. The average molecular weight is 239 g/mol. The van der Waals surface area contributed by atoms with E-state index in [2.05, 4.69) is 5.32 Å². The molecule has 0 fully saturated rings. The smallest absolute Gasteiger partial charge is 0.168 e. The van der Waals surface area contributed by atoms with Crippen molar-refractivity contribution >= 4 is 5.78 Å². The summed E-state index contributed by atoms with van der Waals surface area (Å²) in [6, 6.07) is 4.85.